The highest BCUT2D eigenvalue weighted by molar-refractivity contribution is 6.34. The number of anilines is 1. The quantitative estimate of drug-likeness (QED) is 0.696. The number of nitrogens with one attached hydrogen (secondary N) is 1. The van der Waals surface area contributed by atoms with Crippen molar-refractivity contribution in [2.24, 2.45) is 0 Å². The summed E-state index contributed by atoms with van der Waals surface area (Å²) in [7, 11) is 0. The van der Waals surface area contributed by atoms with Crippen molar-refractivity contribution in [3.63, 3.8) is 0 Å². The van der Waals surface area contributed by atoms with Gasteiger partial charge in [-0.05, 0) is 47.5 Å². The molecule has 0 fully saturated rings. The Morgan fingerprint density at radius 3 is 2.44 bits per heavy atom. The van der Waals surface area contributed by atoms with E-state index in [0.29, 0.717) is 17.7 Å². The van der Waals surface area contributed by atoms with E-state index in [4.69, 9.17) is 10.00 Å². The number of rotatable bonds is 4. The summed E-state index contributed by atoms with van der Waals surface area (Å²) < 4.78 is 5.79. The molecule has 4 rings (SSSR count). The third kappa shape index (κ3) is 3.58. The van der Waals surface area contributed by atoms with Gasteiger partial charge in [0.15, 0.2) is 0 Å². The van der Waals surface area contributed by atoms with Crippen LogP contribution in [0.25, 0.3) is 11.6 Å². The number of amides is 1. The van der Waals surface area contributed by atoms with Crippen LogP contribution in [0.3, 0.4) is 0 Å². The second-order valence-corrected chi connectivity index (χ2v) is 6.22. The minimum atomic E-state index is -0.0858. The van der Waals surface area contributed by atoms with E-state index in [1.165, 1.54) is 0 Å². The lowest BCUT2D eigenvalue weighted by Crippen LogP contribution is -2.03. The van der Waals surface area contributed by atoms with E-state index < -0.39 is 0 Å². The van der Waals surface area contributed by atoms with Crippen LogP contribution in [0.2, 0.25) is 0 Å². The molecule has 1 amide bonds. The van der Waals surface area contributed by atoms with Crippen LogP contribution in [0.4, 0.5) is 5.69 Å². The lowest BCUT2D eigenvalue weighted by molar-refractivity contribution is -0.110. The number of nitriles is 1. The lowest BCUT2D eigenvalue weighted by atomic mass is 10.0. The van der Waals surface area contributed by atoms with Gasteiger partial charge in [-0.25, -0.2) is 0 Å². The van der Waals surface area contributed by atoms with Gasteiger partial charge in [0.2, 0.25) is 0 Å². The van der Waals surface area contributed by atoms with E-state index in [1.807, 2.05) is 66.7 Å². The average Bonchev–Trinajstić information content (AvgIpc) is 3.03. The predicted molar refractivity (Wildman–Crippen MR) is 105 cm³/mol. The highest BCUT2D eigenvalue weighted by Gasteiger charge is 2.23. The Morgan fingerprint density at radius 1 is 0.963 bits per heavy atom. The third-order valence-electron chi connectivity index (χ3n) is 4.39. The number of nitrogens with zero attached hydrogens (tertiary/aromatic N) is 1. The highest BCUT2D eigenvalue weighted by atomic mass is 16.5. The summed E-state index contributed by atoms with van der Waals surface area (Å²) in [4.78, 5) is 12.2. The fourth-order valence-electron chi connectivity index (χ4n) is 2.95. The first-order chi connectivity index (χ1) is 13.2. The summed E-state index contributed by atoms with van der Waals surface area (Å²) in [6.07, 6.45) is 1.88. The van der Waals surface area contributed by atoms with Crippen LogP contribution in [0.5, 0.6) is 5.75 Å². The van der Waals surface area contributed by atoms with Crippen molar-refractivity contribution in [3.8, 4) is 11.8 Å². The summed E-state index contributed by atoms with van der Waals surface area (Å²) >= 11 is 0. The van der Waals surface area contributed by atoms with Gasteiger partial charge in [0, 0.05) is 16.8 Å². The summed E-state index contributed by atoms with van der Waals surface area (Å²) in [6, 6.07) is 24.7. The van der Waals surface area contributed by atoms with Crippen molar-refractivity contribution >= 4 is 23.2 Å². The number of carbonyl (C=O) groups excluding carboxylic acids is 1. The molecule has 130 valence electrons. The molecule has 0 bridgehead atoms. The molecule has 1 N–H and O–H groups in total. The number of carbonyl (C=O) groups is 1. The summed E-state index contributed by atoms with van der Waals surface area (Å²) in [6.45, 7) is 0.432. The number of benzene rings is 3. The summed E-state index contributed by atoms with van der Waals surface area (Å²) in [5, 5.41) is 11.7. The second kappa shape index (κ2) is 7.19. The molecule has 0 saturated heterocycles. The molecule has 4 nitrogen and oxygen atoms in total. The van der Waals surface area contributed by atoms with Gasteiger partial charge in [-0.3, -0.25) is 4.79 Å². The molecular weight excluding hydrogens is 336 g/mol. The predicted octanol–water partition coefficient (Wildman–Crippen LogP) is 4.63. The van der Waals surface area contributed by atoms with Crippen molar-refractivity contribution in [3.05, 3.63) is 95.1 Å². The molecule has 1 aliphatic rings. The molecule has 3 aromatic carbocycles. The Hall–Kier alpha value is -3.84. The van der Waals surface area contributed by atoms with Crippen LogP contribution in [0.15, 0.2) is 72.8 Å². The number of hydrogen-bond donors (Lipinski definition) is 1. The lowest BCUT2D eigenvalue weighted by Gasteiger charge is -2.07. The fraction of sp³-hybridized carbons (Fsp3) is 0.0435. The second-order valence-electron chi connectivity index (χ2n) is 6.22. The Kier molecular flexibility index (Phi) is 4.42. The number of para-hydroxylation sites is 1. The zero-order chi connectivity index (χ0) is 18.6. The van der Waals surface area contributed by atoms with E-state index in [-0.39, 0.29) is 5.91 Å². The van der Waals surface area contributed by atoms with Crippen molar-refractivity contribution < 1.29 is 9.53 Å². The molecule has 0 atom stereocenters. The molecule has 27 heavy (non-hydrogen) atoms. The van der Waals surface area contributed by atoms with Gasteiger partial charge in [-0.15, -0.1) is 0 Å². The number of hydrogen-bond acceptors (Lipinski definition) is 3. The smallest absolute Gasteiger partial charge is 0.256 e. The first-order valence-electron chi connectivity index (χ1n) is 8.57. The number of fused-ring (bicyclic) bond motifs is 1. The average molecular weight is 352 g/mol. The van der Waals surface area contributed by atoms with Gasteiger partial charge in [0.1, 0.15) is 12.4 Å². The maximum Gasteiger partial charge on any atom is 0.256 e. The largest absolute Gasteiger partial charge is 0.489 e. The van der Waals surface area contributed by atoms with Gasteiger partial charge in [0.05, 0.1) is 11.6 Å². The topological polar surface area (TPSA) is 62.1 Å². The van der Waals surface area contributed by atoms with Crippen LogP contribution in [0, 0.1) is 11.3 Å². The first kappa shape index (κ1) is 16.6. The van der Waals surface area contributed by atoms with Gasteiger partial charge >= 0.3 is 0 Å². The van der Waals surface area contributed by atoms with Gasteiger partial charge in [0.25, 0.3) is 5.91 Å². The zero-order valence-electron chi connectivity index (χ0n) is 14.5. The Bertz CT molecular complexity index is 1060. The third-order valence-corrected chi connectivity index (χ3v) is 4.39. The van der Waals surface area contributed by atoms with E-state index >= 15 is 0 Å². The maximum atomic E-state index is 12.2. The van der Waals surface area contributed by atoms with Crippen molar-refractivity contribution in [2.75, 3.05) is 5.32 Å². The van der Waals surface area contributed by atoms with E-state index in [2.05, 4.69) is 11.4 Å². The fourth-order valence-corrected chi connectivity index (χ4v) is 2.95. The molecular formula is C23H16N2O2. The van der Waals surface area contributed by atoms with Crippen LogP contribution in [-0.2, 0) is 11.4 Å². The molecule has 0 aromatic heterocycles. The Labute approximate surface area is 157 Å². The highest BCUT2D eigenvalue weighted by Crippen LogP contribution is 2.32. The zero-order valence-corrected chi connectivity index (χ0v) is 14.5. The van der Waals surface area contributed by atoms with Crippen molar-refractivity contribution in [1.29, 1.82) is 5.26 Å². The van der Waals surface area contributed by atoms with E-state index in [0.717, 1.165) is 28.1 Å². The Balaban J connectivity index is 1.46. The Morgan fingerprint density at radius 2 is 1.70 bits per heavy atom. The SMILES string of the molecule is N#Cc1ccc(COc2ccc(/C=C3/C(=O)Nc4ccccc43)cc2)cc1. The van der Waals surface area contributed by atoms with Crippen molar-refractivity contribution in [1.82, 2.24) is 0 Å². The van der Waals surface area contributed by atoms with Crippen molar-refractivity contribution in [2.45, 2.75) is 6.61 Å². The van der Waals surface area contributed by atoms with Crippen LogP contribution in [0.1, 0.15) is 22.3 Å². The normalized spacial score (nSPS) is 13.7. The molecule has 4 heteroatoms. The molecule has 0 radical (unpaired) electrons. The van der Waals surface area contributed by atoms with Gasteiger partial charge in [-0.2, -0.15) is 5.26 Å². The molecule has 0 saturated carbocycles. The molecule has 1 aliphatic heterocycles. The van der Waals surface area contributed by atoms with Crippen LogP contribution < -0.4 is 10.1 Å². The monoisotopic (exact) mass is 352 g/mol. The maximum absolute atomic E-state index is 12.2. The molecule has 0 spiro atoms. The molecule has 1 heterocycles. The summed E-state index contributed by atoms with van der Waals surface area (Å²) in [5.74, 6) is 0.662. The van der Waals surface area contributed by atoms with Gasteiger partial charge in [-0.1, -0.05) is 42.5 Å². The summed E-state index contributed by atoms with van der Waals surface area (Å²) in [5.41, 5.74) is 4.99. The van der Waals surface area contributed by atoms with Gasteiger partial charge < -0.3 is 10.1 Å². The minimum Gasteiger partial charge on any atom is -0.489 e. The van der Waals surface area contributed by atoms with E-state index in [9.17, 15) is 4.79 Å². The standard InChI is InChI=1S/C23H16N2O2/c24-14-17-5-7-18(8-6-17)15-27-19-11-9-16(10-12-19)13-21-20-3-1-2-4-22(20)25-23(21)26/h1-13H,15H2,(H,25,26)/b21-13+. The first-order valence-corrected chi connectivity index (χ1v) is 8.57. The molecule has 3 aromatic rings. The van der Waals surface area contributed by atoms with E-state index in [1.54, 1.807) is 12.1 Å². The minimum absolute atomic E-state index is 0.0858. The number of ether oxygens (including phenoxy) is 1. The molecule has 0 unspecified atom stereocenters. The van der Waals surface area contributed by atoms with Crippen LogP contribution >= 0.6 is 0 Å². The molecule has 0 aliphatic carbocycles. The van der Waals surface area contributed by atoms with Crippen LogP contribution in [-0.4, -0.2) is 5.91 Å².